The summed E-state index contributed by atoms with van der Waals surface area (Å²) in [5, 5.41) is 9.21. The van der Waals surface area contributed by atoms with Crippen molar-refractivity contribution >= 4 is 17.5 Å². The minimum atomic E-state index is -1.70. The van der Waals surface area contributed by atoms with Gasteiger partial charge in [0.2, 0.25) is 5.82 Å². The molecule has 1 unspecified atom stereocenters. The van der Waals surface area contributed by atoms with E-state index >= 15 is 0 Å². The van der Waals surface area contributed by atoms with E-state index in [9.17, 15) is 23.1 Å². The lowest BCUT2D eigenvalue weighted by molar-refractivity contribution is 0.0693. The van der Waals surface area contributed by atoms with Gasteiger partial charge in [0.1, 0.15) is 0 Å². The average Bonchev–Trinajstić information content (AvgIpc) is 2.73. The normalized spacial score (nSPS) is 19.4. The molecule has 1 fully saturated rings. The molecule has 2 rings (SSSR count). The quantitative estimate of drug-likeness (QED) is 0.669. The van der Waals surface area contributed by atoms with Gasteiger partial charge >= 0.3 is 0 Å². The van der Waals surface area contributed by atoms with Crippen LogP contribution >= 0.6 is 11.6 Å². The van der Waals surface area contributed by atoms with Crippen LogP contribution in [0.15, 0.2) is 6.07 Å². The van der Waals surface area contributed by atoms with Crippen LogP contribution in [-0.2, 0) is 0 Å². The largest absolute Gasteiger partial charge is 0.503 e. The number of carbonyl (C=O) groups excluding carboxylic acids is 1. The number of hydrogen-bond acceptors (Lipinski definition) is 2. The van der Waals surface area contributed by atoms with Crippen LogP contribution in [0, 0.1) is 17.5 Å². The lowest BCUT2D eigenvalue weighted by Crippen LogP contribution is -2.41. The van der Waals surface area contributed by atoms with Crippen molar-refractivity contribution in [3.63, 3.8) is 0 Å². The van der Waals surface area contributed by atoms with Crippen molar-refractivity contribution in [1.82, 2.24) is 4.90 Å². The highest BCUT2D eigenvalue weighted by molar-refractivity contribution is 6.18. The Labute approximate surface area is 125 Å². The number of rotatable bonds is 2. The topological polar surface area (TPSA) is 40.5 Å². The molecule has 7 heteroatoms. The van der Waals surface area contributed by atoms with Gasteiger partial charge in [-0.15, -0.1) is 11.6 Å². The minimum Gasteiger partial charge on any atom is -0.503 e. The molecule has 1 amide bonds. The zero-order chi connectivity index (χ0) is 15.6. The van der Waals surface area contributed by atoms with E-state index in [1.807, 2.05) is 0 Å². The summed E-state index contributed by atoms with van der Waals surface area (Å²) in [5.41, 5.74) is -0.677. The van der Waals surface area contributed by atoms with Gasteiger partial charge in [-0.3, -0.25) is 4.79 Å². The predicted octanol–water partition coefficient (Wildman–Crippen LogP) is 3.43. The van der Waals surface area contributed by atoms with Gasteiger partial charge in [0, 0.05) is 18.5 Å². The number of alkyl halides is 1. The van der Waals surface area contributed by atoms with Crippen LogP contribution in [0.2, 0.25) is 0 Å². The number of likely N-dealkylation sites (tertiary alicyclic amines) is 1. The summed E-state index contributed by atoms with van der Waals surface area (Å²) in [6.07, 6.45) is 3.22. The summed E-state index contributed by atoms with van der Waals surface area (Å²) < 4.78 is 40.2. The van der Waals surface area contributed by atoms with Crippen LogP contribution in [0.1, 0.15) is 36.0 Å². The SMILES string of the molecule is O=C(c1cc(F)c(F)c(O)c1F)N1CCCCCC1CCl. The Morgan fingerprint density at radius 1 is 1.29 bits per heavy atom. The molecular weight excluding hydrogens is 307 g/mol. The number of benzene rings is 1. The third-order valence-electron chi connectivity index (χ3n) is 3.68. The van der Waals surface area contributed by atoms with E-state index in [2.05, 4.69) is 0 Å². The minimum absolute atomic E-state index is 0.184. The summed E-state index contributed by atoms with van der Waals surface area (Å²) in [6.45, 7) is 0.370. The molecule has 1 saturated heterocycles. The number of phenolic OH excluding ortho intramolecular Hbond substituents is 1. The third kappa shape index (κ3) is 3.10. The van der Waals surface area contributed by atoms with Gasteiger partial charge in [-0.2, -0.15) is 4.39 Å². The van der Waals surface area contributed by atoms with Crippen molar-refractivity contribution in [3.05, 3.63) is 29.1 Å². The van der Waals surface area contributed by atoms with E-state index < -0.39 is 34.7 Å². The molecule has 116 valence electrons. The van der Waals surface area contributed by atoms with E-state index in [1.165, 1.54) is 4.90 Å². The molecule has 1 atom stereocenters. The molecule has 0 aliphatic carbocycles. The Balaban J connectivity index is 2.38. The number of amides is 1. The first-order valence-corrected chi connectivity index (χ1v) is 7.24. The average molecular weight is 322 g/mol. The first kappa shape index (κ1) is 15.9. The smallest absolute Gasteiger partial charge is 0.257 e. The first-order chi connectivity index (χ1) is 9.97. The Morgan fingerprint density at radius 2 is 2.00 bits per heavy atom. The van der Waals surface area contributed by atoms with E-state index in [4.69, 9.17) is 11.6 Å². The Bertz CT molecular complexity index is 554. The number of nitrogens with zero attached hydrogens (tertiary/aromatic N) is 1. The van der Waals surface area contributed by atoms with Gasteiger partial charge in [-0.25, -0.2) is 8.78 Å². The fourth-order valence-electron chi connectivity index (χ4n) is 2.51. The maximum atomic E-state index is 13.8. The second-order valence-electron chi connectivity index (χ2n) is 5.04. The Kier molecular flexibility index (Phi) is 4.98. The zero-order valence-corrected chi connectivity index (χ0v) is 12.0. The van der Waals surface area contributed by atoms with E-state index in [-0.39, 0.29) is 11.9 Å². The lowest BCUT2D eigenvalue weighted by atomic mass is 10.1. The van der Waals surface area contributed by atoms with E-state index in [0.717, 1.165) is 19.3 Å². The zero-order valence-electron chi connectivity index (χ0n) is 11.2. The molecule has 0 aromatic heterocycles. The maximum Gasteiger partial charge on any atom is 0.257 e. The predicted molar refractivity (Wildman–Crippen MR) is 72.0 cm³/mol. The maximum absolute atomic E-state index is 13.8. The monoisotopic (exact) mass is 321 g/mol. The highest BCUT2D eigenvalue weighted by Crippen LogP contribution is 2.28. The summed E-state index contributed by atoms with van der Waals surface area (Å²) >= 11 is 5.84. The fourth-order valence-corrected chi connectivity index (χ4v) is 2.83. The molecule has 1 aromatic rings. The molecule has 1 N–H and O–H groups in total. The molecule has 1 heterocycles. The molecule has 0 spiro atoms. The van der Waals surface area contributed by atoms with Crippen molar-refractivity contribution in [2.45, 2.75) is 31.7 Å². The second-order valence-corrected chi connectivity index (χ2v) is 5.35. The highest BCUT2D eigenvalue weighted by Gasteiger charge is 2.30. The van der Waals surface area contributed by atoms with Crippen molar-refractivity contribution in [2.24, 2.45) is 0 Å². The standard InChI is InChI=1S/C14H15ClF3NO2/c15-7-8-4-2-1-3-5-19(8)14(21)9-6-10(16)12(18)13(20)11(9)17/h6,8,20H,1-5,7H2. The van der Waals surface area contributed by atoms with Crippen LogP contribution in [0.4, 0.5) is 13.2 Å². The summed E-state index contributed by atoms with van der Waals surface area (Å²) in [7, 11) is 0. The lowest BCUT2D eigenvalue weighted by Gasteiger charge is -2.28. The summed E-state index contributed by atoms with van der Waals surface area (Å²) in [5.74, 6) is -6.69. The molecule has 0 saturated carbocycles. The first-order valence-electron chi connectivity index (χ1n) is 6.70. The van der Waals surface area contributed by atoms with Crippen LogP contribution in [0.5, 0.6) is 5.75 Å². The van der Waals surface area contributed by atoms with Gasteiger partial charge in [0.25, 0.3) is 5.91 Å². The van der Waals surface area contributed by atoms with E-state index in [1.54, 1.807) is 0 Å². The van der Waals surface area contributed by atoms with Crippen molar-refractivity contribution in [1.29, 1.82) is 0 Å². The Morgan fingerprint density at radius 3 is 2.67 bits per heavy atom. The van der Waals surface area contributed by atoms with Gasteiger partial charge in [-0.05, 0) is 18.9 Å². The van der Waals surface area contributed by atoms with Gasteiger partial charge in [0.15, 0.2) is 17.4 Å². The summed E-state index contributed by atoms with van der Waals surface area (Å²) in [4.78, 5) is 13.8. The van der Waals surface area contributed by atoms with Gasteiger partial charge < -0.3 is 10.0 Å². The Hall–Kier alpha value is -1.43. The molecule has 0 radical (unpaired) electrons. The number of aromatic hydroxyl groups is 1. The van der Waals surface area contributed by atoms with Crippen LogP contribution in [0.3, 0.4) is 0 Å². The van der Waals surface area contributed by atoms with Crippen molar-refractivity contribution < 1.29 is 23.1 Å². The third-order valence-corrected chi connectivity index (χ3v) is 4.04. The summed E-state index contributed by atoms with van der Waals surface area (Å²) in [6, 6.07) is 0.194. The van der Waals surface area contributed by atoms with Crippen molar-refractivity contribution in [3.8, 4) is 5.75 Å². The van der Waals surface area contributed by atoms with Gasteiger partial charge in [0.05, 0.1) is 5.56 Å². The molecular formula is C14H15ClF3NO2. The molecule has 0 bridgehead atoms. The number of phenols is 1. The van der Waals surface area contributed by atoms with Crippen LogP contribution in [0.25, 0.3) is 0 Å². The van der Waals surface area contributed by atoms with E-state index in [0.29, 0.717) is 19.0 Å². The van der Waals surface area contributed by atoms with Crippen molar-refractivity contribution in [2.75, 3.05) is 12.4 Å². The fraction of sp³-hybridized carbons (Fsp3) is 0.500. The number of hydrogen-bond donors (Lipinski definition) is 1. The van der Waals surface area contributed by atoms with Gasteiger partial charge in [-0.1, -0.05) is 12.8 Å². The second kappa shape index (κ2) is 6.56. The number of halogens is 4. The number of carbonyl (C=O) groups is 1. The van der Waals surface area contributed by atoms with Crippen LogP contribution in [-0.4, -0.2) is 34.4 Å². The highest BCUT2D eigenvalue weighted by atomic mass is 35.5. The molecule has 21 heavy (non-hydrogen) atoms. The van der Waals surface area contributed by atoms with Crippen LogP contribution < -0.4 is 0 Å². The molecule has 1 aliphatic heterocycles. The molecule has 1 aromatic carbocycles. The molecule has 1 aliphatic rings. The molecule has 3 nitrogen and oxygen atoms in total.